The Balaban J connectivity index is 2.18. The van der Waals surface area contributed by atoms with Crippen molar-refractivity contribution in [3.05, 3.63) is 36.7 Å². The zero-order valence-corrected chi connectivity index (χ0v) is 9.97. The molecule has 90 valence electrons. The van der Waals surface area contributed by atoms with Crippen molar-refractivity contribution in [2.24, 2.45) is 5.73 Å². The molecule has 0 saturated carbocycles. The molecule has 2 N–H and O–H groups in total. The third-order valence-electron chi connectivity index (χ3n) is 2.63. The van der Waals surface area contributed by atoms with Crippen LogP contribution < -0.4 is 10.5 Å². The zero-order valence-electron chi connectivity index (χ0n) is 9.97. The van der Waals surface area contributed by atoms with Gasteiger partial charge in [0.15, 0.2) is 0 Å². The molecule has 0 saturated heterocycles. The van der Waals surface area contributed by atoms with Gasteiger partial charge in [-0.2, -0.15) is 5.10 Å². The van der Waals surface area contributed by atoms with E-state index in [0.717, 1.165) is 29.8 Å². The summed E-state index contributed by atoms with van der Waals surface area (Å²) in [6.07, 6.45) is 4.84. The number of aromatic nitrogens is 2. The van der Waals surface area contributed by atoms with E-state index in [1.807, 2.05) is 41.3 Å². The lowest BCUT2D eigenvalue weighted by Crippen LogP contribution is -2.05. The van der Waals surface area contributed by atoms with Gasteiger partial charge in [0, 0.05) is 18.3 Å². The number of nitrogens with two attached hydrogens (primary N) is 1. The molecule has 1 heterocycles. The predicted octanol–water partition coefficient (Wildman–Crippen LogP) is 1.91. The number of ether oxygens (including phenoxy) is 1. The van der Waals surface area contributed by atoms with Gasteiger partial charge >= 0.3 is 0 Å². The topological polar surface area (TPSA) is 53.1 Å². The third-order valence-corrected chi connectivity index (χ3v) is 2.63. The molecule has 4 nitrogen and oxygen atoms in total. The van der Waals surface area contributed by atoms with Gasteiger partial charge in [-0.3, -0.25) is 4.68 Å². The monoisotopic (exact) mass is 231 g/mol. The lowest BCUT2D eigenvalue weighted by molar-refractivity contribution is 0.415. The van der Waals surface area contributed by atoms with Crippen LogP contribution >= 0.6 is 0 Å². The second-order valence-corrected chi connectivity index (χ2v) is 3.87. The van der Waals surface area contributed by atoms with Gasteiger partial charge in [0.25, 0.3) is 0 Å². The van der Waals surface area contributed by atoms with Crippen molar-refractivity contribution in [1.29, 1.82) is 0 Å². The smallest absolute Gasteiger partial charge is 0.119 e. The second kappa shape index (κ2) is 5.50. The molecule has 1 aromatic heterocycles. The van der Waals surface area contributed by atoms with Gasteiger partial charge in [-0.1, -0.05) is 12.1 Å². The van der Waals surface area contributed by atoms with Gasteiger partial charge < -0.3 is 10.5 Å². The first kappa shape index (κ1) is 11.7. The molecular weight excluding hydrogens is 214 g/mol. The lowest BCUT2D eigenvalue weighted by atomic mass is 10.1. The van der Waals surface area contributed by atoms with Gasteiger partial charge in [-0.05, 0) is 30.7 Å². The lowest BCUT2D eigenvalue weighted by Gasteiger charge is -2.02. The van der Waals surface area contributed by atoms with E-state index in [9.17, 15) is 0 Å². The van der Waals surface area contributed by atoms with Crippen LogP contribution in [0.3, 0.4) is 0 Å². The quantitative estimate of drug-likeness (QED) is 0.855. The Morgan fingerprint density at radius 1 is 1.35 bits per heavy atom. The highest BCUT2D eigenvalue weighted by Gasteiger charge is 2.02. The molecule has 0 spiro atoms. The highest BCUT2D eigenvalue weighted by molar-refractivity contribution is 5.63. The summed E-state index contributed by atoms with van der Waals surface area (Å²) in [6, 6.07) is 7.96. The van der Waals surface area contributed by atoms with Crippen LogP contribution in [0.15, 0.2) is 36.7 Å². The highest BCUT2D eigenvalue weighted by atomic mass is 16.5. The zero-order chi connectivity index (χ0) is 12.1. The number of aryl methyl sites for hydroxylation is 1. The van der Waals surface area contributed by atoms with Crippen molar-refractivity contribution >= 4 is 0 Å². The Morgan fingerprint density at radius 3 is 3.00 bits per heavy atom. The van der Waals surface area contributed by atoms with Crippen molar-refractivity contribution in [3.63, 3.8) is 0 Å². The number of methoxy groups -OCH3 is 1. The van der Waals surface area contributed by atoms with E-state index in [1.54, 1.807) is 7.11 Å². The Bertz CT molecular complexity index is 479. The summed E-state index contributed by atoms with van der Waals surface area (Å²) in [5, 5.41) is 4.31. The molecule has 4 heteroatoms. The number of benzene rings is 1. The molecule has 0 unspecified atom stereocenters. The summed E-state index contributed by atoms with van der Waals surface area (Å²) in [4.78, 5) is 0. The Kier molecular flexibility index (Phi) is 3.77. The fraction of sp³-hybridized carbons (Fsp3) is 0.308. The molecule has 1 aromatic carbocycles. The molecular formula is C13H17N3O. The van der Waals surface area contributed by atoms with Gasteiger partial charge in [0.05, 0.1) is 13.3 Å². The molecule has 0 aliphatic rings. The van der Waals surface area contributed by atoms with Gasteiger partial charge in [-0.25, -0.2) is 0 Å². The van der Waals surface area contributed by atoms with E-state index in [-0.39, 0.29) is 0 Å². The fourth-order valence-corrected chi connectivity index (χ4v) is 1.69. The van der Waals surface area contributed by atoms with Crippen molar-refractivity contribution in [3.8, 4) is 16.9 Å². The summed E-state index contributed by atoms with van der Waals surface area (Å²) in [5.74, 6) is 0.859. The van der Waals surface area contributed by atoms with Crippen LogP contribution in [0.25, 0.3) is 11.1 Å². The molecule has 0 amide bonds. The van der Waals surface area contributed by atoms with E-state index in [4.69, 9.17) is 10.5 Å². The standard InChI is InChI=1S/C13H17N3O/c1-17-13-5-2-4-11(8-13)12-9-15-16(10-12)7-3-6-14/h2,4-5,8-10H,3,6-7,14H2,1H3. The second-order valence-electron chi connectivity index (χ2n) is 3.87. The minimum atomic E-state index is 0.689. The number of hydrogen-bond acceptors (Lipinski definition) is 3. The summed E-state index contributed by atoms with van der Waals surface area (Å²) >= 11 is 0. The minimum absolute atomic E-state index is 0.689. The van der Waals surface area contributed by atoms with Crippen molar-refractivity contribution in [2.45, 2.75) is 13.0 Å². The summed E-state index contributed by atoms with van der Waals surface area (Å²) in [5.41, 5.74) is 7.69. The first-order valence-electron chi connectivity index (χ1n) is 5.70. The van der Waals surface area contributed by atoms with Crippen LogP contribution in [0.2, 0.25) is 0 Å². The Hall–Kier alpha value is -1.81. The minimum Gasteiger partial charge on any atom is -0.497 e. The normalized spacial score (nSPS) is 10.5. The van der Waals surface area contributed by atoms with E-state index < -0.39 is 0 Å². The molecule has 0 radical (unpaired) electrons. The molecule has 2 aromatic rings. The van der Waals surface area contributed by atoms with E-state index in [0.29, 0.717) is 6.54 Å². The van der Waals surface area contributed by atoms with E-state index >= 15 is 0 Å². The summed E-state index contributed by atoms with van der Waals surface area (Å²) < 4.78 is 7.12. The number of nitrogens with zero attached hydrogens (tertiary/aromatic N) is 2. The van der Waals surface area contributed by atoms with Crippen LogP contribution in [0.4, 0.5) is 0 Å². The van der Waals surface area contributed by atoms with E-state index in [2.05, 4.69) is 5.10 Å². The highest BCUT2D eigenvalue weighted by Crippen LogP contribution is 2.23. The molecule has 0 atom stereocenters. The predicted molar refractivity (Wildman–Crippen MR) is 67.9 cm³/mol. The molecule has 0 bridgehead atoms. The van der Waals surface area contributed by atoms with Crippen molar-refractivity contribution in [2.75, 3.05) is 13.7 Å². The van der Waals surface area contributed by atoms with Crippen molar-refractivity contribution < 1.29 is 4.74 Å². The maximum atomic E-state index is 5.47. The maximum absolute atomic E-state index is 5.47. The maximum Gasteiger partial charge on any atom is 0.119 e. The van der Waals surface area contributed by atoms with Crippen molar-refractivity contribution in [1.82, 2.24) is 9.78 Å². The average Bonchev–Trinajstić information content (AvgIpc) is 2.85. The third kappa shape index (κ3) is 2.85. The largest absolute Gasteiger partial charge is 0.497 e. The van der Waals surface area contributed by atoms with Crippen LogP contribution in [0.5, 0.6) is 5.75 Å². The fourth-order valence-electron chi connectivity index (χ4n) is 1.69. The van der Waals surface area contributed by atoms with Gasteiger partial charge in [-0.15, -0.1) is 0 Å². The molecule has 17 heavy (non-hydrogen) atoms. The van der Waals surface area contributed by atoms with Crippen LogP contribution in [-0.4, -0.2) is 23.4 Å². The summed E-state index contributed by atoms with van der Waals surface area (Å²) in [7, 11) is 1.67. The molecule has 2 rings (SSSR count). The number of rotatable bonds is 5. The van der Waals surface area contributed by atoms with Crippen LogP contribution in [0, 0.1) is 0 Å². The SMILES string of the molecule is COc1cccc(-c2cnn(CCCN)c2)c1. The van der Waals surface area contributed by atoms with Gasteiger partial charge in [0.2, 0.25) is 0 Å². The van der Waals surface area contributed by atoms with Gasteiger partial charge in [0.1, 0.15) is 5.75 Å². The first-order chi connectivity index (χ1) is 8.33. The molecule has 0 fully saturated rings. The first-order valence-corrected chi connectivity index (χ1v) is 5.70. The molecule has 0 aliphatic heterocycles. The number of hydrogen-bond donors (Lipinski definition) is 1. The average molecular weight is 231 g/mol. The van der Waals surface area contributed by atoms with E-state index in [1.165, 1.54) is 0 Å². The summed E-state index contributed by atoms with van der Waals surface area (Å²) in [6.45, 7) is 1.55. The van der Waals surface area contributed by atoms with Crippen LogP contribution in [0.1, 0.15) is 6.42 Å². The molecule has 0 aliphatic carbocycles. The Labute approximate surface area is 101 Å². The Morgan fingerprint density at radius 2 is 2.24 bits per heavy atom. The van der Waals surface area contributed by atoms with Crippen LogP contribution in [-0.2, 0) is 6.54 Å².